The zero-order valence-electron chi connectivity index (χ0n) is 24.6. The molecule has 42 heavy (non-hydrogen) atoms. The largest absolute Gasteiger partial charge is 1.00 e. The first-order valence-corrected chi connectivity index (χ1v) is 14.8. The minimum atomic E-state index is -0.394. The van der Waals surface area contributed by atoms with E-state index in [0.717, 1.165) is 53.6 Å². The third-order valence-electron chi connectivity index (χ3n) is 8.30. The SMILES string of the molecule is CCCCCCCCc1c2[n+](cc3c(OC(=O)c4ccc(C)cc4)c(OC)ccc13)CCc1cc3c(cc1-2)OCO3.[Cl-]. The molecule has 0 saturated heterocycles. The molecule has 0 aliphatic carbocycles. The number of nitrogens with zero attached hydrogens (tertiary/aromatic N) is 1. The molecule has 7 heteroatoms. The van der Waals surface area contributed by atoms with Crippen LogP contribution in [0.5, 0.6) is 23.0 Å². The van der Waals surface area contributed by atoms with Crippen molar-refractivity contribution in [1.82, 2.24) is 0 Å². The Balaban J connectivity index is 0.00000353. The Hall–Kier alpha value is -3.77. The molecular formula is C35H38ClNO5. The number of pyridine rings is 1. The normalized spacial score (nSPS) is 12.8. The Morgan fingerprint density at radius 2 is 1.67 bits per heavy atom. The van der Waals surface area contributed by atoms with Crippen molar-refractivity contribution in [3.05, 3.63) is 77.0 Å². The Morgan fingerprint density at radius 3 is 2.43 bits per heavy atom. The molecule has 0 bridgehead atoms. The van der Waals surface area contributed by atoms with Crippen molar-refractivity contribution < 1.29 is 40.7 Å². The predicted molar refractivity (Wildman–Crippen MR) is 159 cm³/mol. The fourth-order valence-corrected chi connectivity index (χ4v) is 6.08. The summed E-state index contributed by atoms with van der Waals surface area (Å²) in [6, 6.07) is 15.8. The molecule has 3 aromatic carbocycles. The number of aromatic nitrogens is 1. The van der Waals surface area contributed by atoms with Crippen molar-refractivity contribution >= 4 is 16.7 Å². The monoisotopic (exact) mass is 587 g/mol. The van der Waals surface area contributed by atoms with Gasteiger partial charge in [-0.3, -0.25) is 0 Å². The summed E-state index contributed by atoms with van der Waals surface area (Å²) in [5, 5.41) is 1.97. The third-order valence-corrected chi connectivity index (χ3v) is 8.30. The molecule has 0 unspecified atom stereocenters. The summed E-state index contributed by atoms with van der Waals surface area (Å²) >= 11 is 0. The Labute approximate surface area is 254 Å². The van der Waals surface area contributed by atoms with Crippen LogP contribution in [0.1, 0.15) is 72.5 Å². The maximum absolute atomic E-state index is 13.3. The maximum Gasteiger partial charge on any atom is 0.343 e. The van der Waals surface area contributed by atoms with E-state index in [1.54, 1.807) is 19.2 Å². The molecule has 2 aliphatic rings. The van der Waals surface area contributed by atoms with Crippen molar-refractivity contribution in [2.75, 3.05) is 13.9 Å². The van der Waals surface area contributed by atoms with Crippen molar-refractivity contribution in [3.63, 3.8) is 0 Å². The smallest absolute Gasteiger partial charge is 0.343 e. The van der Waals surface area contributed by atoms with Crippen molar-refractivity contribution in [3.8, 4) is 34.3 Å². The number of carbonyl (C=O) groups excluding carboxylic acids is 1. The number of rotatable bonds is 10. The quantitative estimate of drug-likeness (QED) is 0.118. The van der Waals surface area contributed by atoms with Gasteiger partial charge in [0.1, 0.15) is 0 Å². The zero-order chi connectivity index (χ0) is 28.3. The number of hydrogen-bond acceptors (Lipinski definition) is 5. The van der Waals surface area contributed by atoms with Gasteiger partial charge in [-0.15, -0.1) is 0 Å². The highest BCUT2D eigenvalue weighted by Crippen LogP contribution is 2.44. The van der Waals surface area contributed by atoms with Gasteiger partial charge in [0.2, 0.25) is 12.5 Å². The lowest BCUT2D eigenvalue weighted by molar-refractivity contribution is -0.686. The van der Waals surface area contributed by atoms with Crippen LogP contribution in [-0.2, 0) is 19.4 Å². The number of hydrogen-bond donors (Lipinski definition) is 0. The molecule has 0 atom stereocenters. The first kappa shape index (κ1) is 29.7. The molecule has 1 aromatic heterocycles. The van der Waals surface area contributed by atoms with Gasteiger partial charge in [0.05, 0.1) is 23.6 Å². The van der Waals surface area contributed by atoms with Gasteiger partial charge in [0.15, 0.2) is 35.7 Å². The fourth-order valence-electron chi connectivity index (χ4n) is 6.08. The van der Waals surface area contributed by atoms with Gasteiger partial charge in [0, 0.05) is 17.4 Å². The van der Waals surface area contributed by atoms with Crippen molar-refractivity contribution in [2.24, 2.45) is 0 Å². The highest BCUT2D eigenvalue weighted by atomic mass is 35.5. The summed E-state index contributed by atoms with van der Waals surface area (Å²) in [7, 11) is 1.62. The van der Waals surface area contributed by atoms with E-state index in [4.69, 9.17) is 18.9 Å². The number of benzene rings is 3. The molecule has 0 spiro atoms. The number of aryl methyl sites for hydroxylation is 4. The maximum atomic E-state index is 13.3. The van der Waals surface area contributed by atoms with Gasteiger partial charge in [-0.2, -0.15) is 4.57 Å². The van der Waals surface area contributed by atoms with Crippen LogP contribution >= 0.6 is 0 Å². The highest BCUT2D eigenvalue weighted by molar-refractivity contribution is 5.99. The molecule has 0 fully saturated rings. The van der Waals surface area contributed by atoms with Gasteiger partial charge >= 0.3 is 5.97 Å². The second kappa shape index (κ2) is 13.0. The highest BCUT2D eigenvalue weighted by Gasteiger charge is 2.32. The van der Waals surface area contributed by atoms with Gasteiger partial charge < -0.3 is 31.4 Å². The third kappa shape index (κ3) is 5.78. The minimum absolute atomic E-state index is 0. The summed E-state index contributed by atoms with van der Waals surface area (Å²) < 4.78 is 25.6. The Kier molecular flexibility index (Phi) is 9.22. The van der Waals surface area contributed by atoms with Crippen LogP contribution in [0.25, 0.3) is 22.0 Å². The fraction of sp³-hybridized carbons (Fsp3) is 0.371. The van der Waals surface area contributed by atoms with Crippen LogP contribution in [0, 0.1) is 6.92 Å². The molecule has 2 aliphatic heterocycles. The Bertz CT molecular complexity index is 1600. The van der Waals surface area contributed by atoms with Crippen LogP contribution in [0.3, 0.4) is 0 Å². The minimum Gasteiger partial charge on any atom is -1.00 e. The van der Waals surface area contributed by atoms with Crippen LogP contribution in [-0.4, -0.2) is 19.9 Å². The average Bonchev–Trinajstić information content (AvgIpc) is 3.45. The summed E-state index contributed by atoms with van der Waals surface area (Å²) in [4.78, 5) is 13.3. The second-order valence-corrected chi connectivity index (χ2v) is 11.1. The second-order valence-electron chi connectivity index (χ2n) is 11.1. The van der Waals surface area contributed by atoms with E-state index in [1.807, 2.05) is 25.1 Å². The van der Waals surface area contributed by atoms with Crippen LogP contribution in [0.2, 0.25) is 0 Å². The summed E-state index contributed by atoms with van der Waals surface area (Å²) in [6.07, 6.45) is 11.3. The molecule has 0 radical (unpaired) electrons. The number of halogens is 1. The number of unbranched alkanes of at least 4 members (excludes halogenated alkanes) is 5. The van der Waals surface area contributed by atoms with Crippen molar-refractivity contribution in [2.45, 2.75) is 71.8 Å². The van der Waals surface area contributed by atoms with Gasteiger partial charge in [0.25, 0.3) is 0 Å². The van der Waals surface area contributed by atoms with Crippen LogP contribution < -0.4 is 35.9 Å². The van der Waals surface area contributed by atoms with Crippen LogP contribution in [0.15, 0.2) is 54.7 Å². The van der Waals surface area contributed by atoms with Gasteiger partial charge in [-0.1, -0.05) is 56.7 Å². The summed E-state index contributed by atoms with van der Waals surface area (Å²) in [5.74, 6) is 2.24. The van der Waals surface area contributed by atoms with Gasteiger partial charge in [-0.05, 0) is 61.7 Å². The summed E-state index contributed by atoms with van der Waals surface area (Å²) in [6.45, 7) is 5.33. The van der Waals surface area contributed by atoms with E-state index in [0.29, 0.717) is 17.1 Å². The van der Waals surface area contributed by atoms with E-state index in [-0.39, 0.29) is 19.2 Å². The molecule has 220 valence electrons. The zero-order valence-corrected chi connectivity index (χ0v) is 25.4. The standard InChI is InChI=1S/C35H38NO5.ClH/c1-4-5-6-7-8-9-10-27-26-15-16-30(38-3)34(41-35(37)24-13-11-23(2)12-14-24)29(26)21-36-18-17-25-19-31-32(40-22-39-31)20-28(25)33(27)36;/h11-16,19-21H,4-10,17-18,22H2,1-3H3;1H/q+1;/p-1. The molecule has 4 aromatic rings. The number of esters is 1. The molecule has 0 N–H and O–H groups in total. The van der Waals surface area contributed by atoms with E-state index in [1.165, 1.54) is 54.5 Å². The topological polar surface area (TPSA) is 57.9 Å². The lowest BCUT2D eigenvalue weighted by Crippen LogP contribution is -3.00. The molecule has 6 rings (SSSR count). The number of fused-ring (bicyclic) bond motifs is 5. The lowest BCUT2D eigenvalue weighted by atomic mass is 9.89. The number of carbonyl (C=O) groups is 1. The lowest BCUT2D eigenvalue weighted by Gasteiger charge is -2.21. The van der Waals surface area contributed by atoms with Crippen LogP contribution in [0.4, 0.5) is 0 Å². The summed E-state index contributed by atoms with van der Waals surface area (Å²) in [5.41, 5.74) is 6.56. The number of ether oxygens (including phenoxy) is 4. The molecule has 6 nitrogen and oxygen atoms in total. The van der Waals surface area contributed by atoms with E-state index >= 15 is 0 Å². The average molecular weight is 588 g/mol. The molecule has 0 saturated carbocycles. The van der Waals surface area contributed by atoms with E-state index in [2.05, 4.69) is 35.9 Å². The van der Waals surface area contributed by atoms with Crippen molar-refractivity contribution in [1.29, 1.82) is 0 Å². The van der Waals surface area contributed by atoms with Gasteiger partial charge in [-0.25, -0.2) is 4.79 Å². The van der Waals surface area contributed by atoms with E-state index < -0.39 is 5.97 Å². The first-order chi connectivity index (χ1) is 20.1. The first-order valence-electron chi connectivity index (χ1n) is 14.8. The predicted octanol–water partition coefficient (Wildman–Crippen LogP) is 4.52. The number of methoxy groups -OCH3 is 1. The molecule has 0 amide bonds. The molecule has 3 heterocycles. The molecular weight excluding hydrogens is 550 g/mol. The van der Waals surface area contributed by atoms with E-state index in [9.17, 15) is 4.79 Å². The Morgan fingerprint density at radius 1 is 0.929 bits per heavy atom.